The fourth-order valence-corrected chi connectivity index (χ4v) is 6.96. The Labute approximate surface area is 220 Å². The van der Waals surface area contributed by atoms with Gasteiger partial charge in [0.05, 0.1) is 11.6 Å². The lowest BCUT2D eigenvalue weighted by Crippen LogP contribution is -2.49. The molecule has 1 spiro atoms. The summed E-state index contributed by atoms with van der Waals surface area (Å²) in [4.78, 5) is 27.7. The molecule has 2 aromatic rings. The van der Waals surface area contributed by atoms with Gasteiger partial charge in [0.25, 0.3) is 0 Å². The summed E-state index contributed by atoms with van der Waals surface area (Å²) in [6.07, 6.45) is 1.62. The Kier molecular flexibility index (Phi) is 6.29. The van der Waals surface area contributed by atoms with Gasteiger partial charge in [0, 0.05) is 29.0 Å². The third-order valence-electron chi connectivity index (χ3n) is 8.11. The van der Waals surface area contributed by atoms with Crippen LogP contribution in [0.2, 0.25) is 5.02 Å². The van der Waals surface area contributed by atoms with Crippen molar-refractivity contribution < 1.29 is 28.2 Å². The molecule has 2 fully saturated rings. The van der Waals surface area contributed by atoms with Crippen molar-refractivity contribution in [3.63, 3.8) is 0 Å². The molecule has 198 valence electrons. The number of aliphatic hydroxyl groups is 1. The summed E-state index contributed by atoms with van der Waals surface area (Å²) in [5, 5.41) is 13.9. The highest BCUT2D eigenvalue weighted by atomic mass is 35.5. The summed E-state index contributed by atoms with van der Waals surface area (Å²) in [7, 11) is 0. The fourth-order valence-electron chi connectivity index (χ4n) is 6.80. The minimum absolute atomic E-state index is 0.0125. The van der Waals surface area contributed by atoms with E-state index in [1.54, 1.807) is 25.1 Å². The van der Waals surface area contributed by atoms with Crippen LogP contribution in [0.25, 0.3) is 0 Å². The maximum Gasteiger partial charge on any atom is 0.324 e. The van der Waals surface area contributed by atoms with Crippen LogP contribution in [0.1, 0.15) is 70.4 Å². The molecule has 2 N–H and O–H groups in total. The minimum atomic E-state index is -1.47. The summed E-state index contributed by atoms with van der Waals surface area (Å²) in [5.74, 6) is -3.72. The molecule has 4 atom stereocenters. The molecule has 5 nitrogen and oxygen atoms in total. The molecule has 0 amide bonds. The summed E-state index contributed by atoms with van der Waals surface area (Å²) in [5.41, 5.74) is -2.06. The van der Waals surface area contributed by atoms with E-state index >= 15 is 4.39 Å². The number of Topliss-reactive ketones (excluding diaryl/α,β-unsaturated/α-hetero) is 1. The van der Waals surface area contributed by atoms with Gasteiger partial charge in [-0.3, -0.25) is 9.59 Å². The smallest absolute Gasteiger partial charge is 0.324 e. The highest BCUT2D eigenvalue weighted by molar-refractivity contribution is 6.30. The van der Waals surface area contributed by atoms with Gasteiger partial charge in [-0.05, 0) is 61.3 Å². The molecule has 2 aliphatic heterocycles. The molecular formula is C29H32ClF2NO4. The molecule has 0 aromatic heterocycles. The molecule has 2 aromatic carbocycles. The van der Waals surface area contributed by atoms with Gasteiger partial charge in [0.1, 0.15) is 11.2 Å². The third kappa shape index (κ3) is 4.39. The Morgan fingerprint density at radius 2 is 1.92 bits per heavy atom. The normalized spacial score (nSPS) is 32.8. The van der Waals surface area contributed by atoms with Crippen LogP contribution in [-0.2, 0) is 15.0 Å². The molecule has 0 bridgehead atoms. The predicted molar refractivity (Wildman–Crippen MR) is 136 cm³/mol. The quantitative estimate of drug-likeness (QED) is 0.396. The number of hydrogen-bond donors (Lipinski definition) is 2. The lowest BCUT2D eigenvalue weighted by molar-refractivity contribution is -0.139. The fraction of sp³-hybridized carbons (Fsp3) is 0.517. The number of ether oxygens (including phenoxy) is 1. The molecule has 5 rings (SSSR count). The number of nitrogens with one attached hydrogen (secondary N) is 1. The van der Waals surface area contributed by atoms with E-state index in [9.17, 15) is 19.1 Å². The summed E-state index contributed by atoms with van der Waals surface area (Å²) in [6.45, 7) is 7.80. The topological polar surface area (TPSA) is 75.6 Å². The van der Waals surface area contributed by atoms with E-state index < -0.39 is 46.6 Å². The van der Waals surface area contributed by atoms with Crippen molar-refractivity contribution in [1.29, 1.82) is 0 Å². The number of halogens is 3. The summed E-state index contributed by atoms with van der Waals surface area (Å²) < 4.78 is 35.8. The molecule has 0 radical (unpaired) electrons. The second-order valence-corrected chi connectivity index (χ2v) is 12.9. The highest BCUT2D eigenvalue weighted by Gasteiger charge is 2.67. The van der Waals surface area contributed by atoms with Crippen LogP contribution < -0.4 is 10.1 Å². The van der Waals surface area contributed by atoms with Gasteiger partial charge in [-0.1, -0.05) is 50.6 Å². The Bertz CT molecular complexity index is 1270. The van der Waals surface area contributed by atoms with Crippen molar-refractivity contribution >= 4 is 23.4 Å². The maximum absolute atomic E-state index is 15.5. The number of hydrogen-bond acceptors (Lipinski definition) is 5. The summed E-state index contributed by atoms with van der Waals surface area (Å²) in [6, 6.07) is 7.20. The predicted octanol–water partition coefficient (Wildman–Crippen LogP) is 5.46. The summed E-state index contributed by atoms with van der Waals surface area (Å²) >= 11 is 6.20. The van der Waals surface area contributed by atoms with E-state index in [2.05, 4.69) is 5.32 Å². The van der Waals surface area contributed by atoms with Gasteiger partial charge in [-0.2, -0.15) is 0 Å². The second kappa shape index (κ2) is 8.85. The Hall–Kier alpha value is -2.35. The zero-order chi connectivity index (χ0) is 26.9. The molecule has 37 heavy (non-hydrogen) atoms. The second-order valence-electron chi connectivity index (χ2n) is 12.4. The monoisotopic (exact) mass is 531 g/mol. The first-order chi connectivity index (χ1) is 17.2. The molecule has 8 heteroatoms. The molecule has 3 aliphatic rings. The van der Waals surface area contributed by atoms with Gasteiger partial charge in [-0.15, -0.1) is 0 Å². The third-order valence-corrected chi connectivity index (χ3v) is 8.35. The van der Waals surface area contributed by atoms with E-state index in [0.29, 0.717) is 29.8 Å². The van der Waals surface area contributed by atoms with Crippen molar-refractivity contribution in [2.75, 3.05) is 0 Å². The number of carbonyl (C=O) groups is 2. The molecule has 1 saturated carbocycles. The minimum Gasteiger partial charge on any atom is -0.425 e. The number of ketones is 1. The molecule has 1 saturated heterocycles. The van der Waals surface area contributed by atoms with Crippen molar-refractivity contribution in [3.8, 4) is 5.75 Å². The van der Waals surface area contributed by atoms with Gasteiger partial charge < -0.3 is 15.2 Å². The number of rotatable bonds is 5. The van der Waals surface area contributed by atoms with Gasteiger partial charge in [0.2, 0.25) is 0 Å². The van der Waals surface area contributed by atoms with Crippen molar-refractivity contribution in [1.82, 2.24) is 5.32 Å². The SMILES string of the molecule is CC(C)(C)C[C@H]1N[C@@H](C(=O)CC2CC(C)(O)C2)[C@H](c2cccc(F)c2F)[C@@]12C(=O)Oc1cc(Cl)ccc12. The van der Waals surface area contributed by atoms with Gasteiger partial charge >= 0.3 is 5.97 Å². The number of carbonyl (C=O) groups excluding carboxylic acids is 2. The van der Waals surface area contributed by atoms with Crippen molar-refractivity contribution in [3.05, 3.63) is 64.2 Å². The van der Waals surface area contributed by atoms with E-state index in [1.165, 1.54) is 12.1 Å². The van der Waals surface area contributed by atoms with Gasteiger partial charge in [-0.25, -0.2) is 8.78 Å². The standard InChI is InChI=1S/C29H32ClF2NO4/c1-27(2,3)14-22-29(18-9-8-16(30)11-21(18)37-26(29)35)23(17-6-5-7-19(31)24(17)32)25(33-22)20(34)10-15-12-28(4,36)13-15/h5-9,11,15,22-23,25,33,36H,10,12-14H2,1-4H3/t15?,22-,23+,25+,28?,29+/m1/s1. The zero-order valence-electron chi connectivity index (χ0n) is 21.4. The Balaban J connectivity index is 1.69. The van der Waals surface area contributed by atoms with Gasteiger partial charge in [0.15, 0.2) is 17.4 Å². The van der Waals surface area contributed by atoms with Crippen LogP contribution in [0.3, 0.4) is 0 Å². The first kappa shape index (κ1) is 26.3. The average Bonchev–Trinajstić information content (AvgIpc) is 3.23. The maximum atomic E-state index is 15.5. The highest BCUT2D eigenvalue weighted by Crippen LogP contribution is 2.58. The van der Waals surface area contributed by atoms with Crippen molar-refractivity contribution in [2.24, 2.45) is 11.3 Å². The molecular weight excluding hydrogens is 500 g/mol. The lowest BCUT2D eigenvalue weighted by Gasteiger charge is -2.41. The van der Waals surface area contributed by atoms with Crippen LogP contribution in [0, 0.1) is 23.0 Å². The Morgan fingerprint density at radius 3 is 2.57 bits per heavy atom. The van der Waals surface area contributed by atoms with Crippen LogP contribution in [-0.4, -0.2) is 34.5 Å². The van der Waals surface area contributed by atoms with E-state index in [1.807, 2.05) is 20.8 Å². The number of esters is 1. The lowest BCUT2D eigenvalue weighted by atomic mass is 9.61. The largest absolute Gasteiger partial charge is 0.425 e. The number of benzene rings is 2. The first-order valence-corrected chi connectivity index (χ1v) is 13.1. The molecule has 2 heterocycles. The van der Waals surface area contributed by atoms with Crippen LogP contribution in [0.5, 0.6) is 5.75 Å². The van der Waals surface area contributed by atoms with E-state index in [4.69, 9.17) is 16.3 Å². The molecule has 1 aliphatic carbocycles. The van der Waals surface area contributed by atoms with E-state index in [-0.39, 0.29) is 34.8 Å². The van der Waals surface area contributed by atoms with E-state index in [0.717, 1.165) is 6.07 Å². The van der Waals surface area contributed by atoms with Crippen LogP contribution >= 0.6 is 11.6 Å². The van der Waals surface area contributed by atoms with Crippen LogP contribution in [0.4, 0.5) is 8.78 Å². The first-order valence-electron chi connectivity index (χ1n) is 12.7. The van der Waals surface area contributed by atoms with Crippen LogP contribution in [0.15, 0.2) is 36.4 Å². The number of fused-ring (bicyclic) bond motifs is 2. The van der Waals surface area contributed by atoms with Crippen molar-refractivity contribution in [2.45, 2.75) is 82.4 Å². The zero-order valence-corrected chi connectivity index (χ0v) is 22.2. The average molecular weight is 532 g/mol. The Morgan fingerprint density at radius 1 is 1.22 bits per heavy atom. The molecule has 0 unspecified atom stereocenters.